The molecule has 0 amide bonds. The van der Waals surface area contributed by atoms with Gasteiger partial charge < -0.3 is 20.1 Å². The summed E-state index contributed by atoms with van der Waals surface area (Å²) in [4.78, 5) is 2.60. The van der Waals surface area contributed by atoms with E-state index in [4.69, 9.17) is 4.74 Å². The zero-order valence-corrected chi connectivity index (χ0v) is 18.1. The van der Waals surface area contributed by atoms with E-state index in [0.717, 1.165) is 38.8 Å². The minimum atomic E-state index is -0.858. The van der Waals surface area contributed by atoms with Gasteiger partial charge in [0.1, 0.15) is 0 Å². The third kappa shape index (κ3) is 1.86. The normalized spacial score (nSPS) is 63.9. The van der Waals surface area contributed by atoms with Crippen molar-refractivity contribution in [2.24, 2.45) is 40.4 Å². The third-order valence-electron chi connectivity index (χ3n) is 10.7. The molecule has 7 bridgehead atoms. The van der Waals surface area contributed by atoms with E-state index in [0.29, 0.717) is 12.3 Å². The number of piperidine rings is 1. The molecule has 1 heterocycles. The fourth-order valence-corrected chi connectivity index (χ4v) is 10.1. The lowest BCUT2D eigenvalue weighted by Gasteiger charge is -2.68. The van der Waals surface area contributed by atoms with Crippen molar-refractivity contribution < 1.29 is 20.1 Å². The number of aliphatic hydroxyl groups excluding tert-OH is 2. The summed E-state index contributed by atoms with van der Waals surface area (Å²) in [7, 11) is 1.73. The van der Waals surface area contributed by atoms with Crippen molar-refractivity contribution in [1.82, 2.24) is 4.90 Å². The van der Waals surface area contributed by atoms with E-state index < -0.39 is 11.7 Å². The average Bonchev–Trinajstić information content (AvgIpc) is 3.07. The molecule has 6 aliphatic rings. The summed E-state index contributed by atoms with van der Waals surface area (Å²) < 4.78 is 5.79. The molecule has 5 aliphatic carbocycles. The molecular weight excluding hydrogens is 378 g/mol. The fourth-order valence-electron chi connectivity index (χ4n) is 10.1. The minimum absolute atomic E-state index is 0. The topological polar surface area (TPSA) is 73.2 Å². The first-order chi connectivity index (χ1) is 12.8. The maximum atomic E-state index is 12.1. The Kier molecular flexibility index (Phi) is 4.19. The molecule has 0 aromatic carbocycles. The summed E-state index contributed by atoms with van der Waals surface area (Å²) in [5.74, 6) is 0.840. The van der Waals surface area contributed by atoms with Crippen LogP contribution < -0.4 is 0 Å². The highest BCUT2D eigenvalue weighted by Crippen LogP contribution is 2.78. The quantitative estimate of drug-likeness (QED) is 0.642. The first-order valence-electron chi connectivity index (χ1n) is 11.2. The van der Waals surface area contributed by atoms with E-state index in [1.54, 1.807) is 7.11 Å². The van der Waals surface area contributed by atoms with Gasteiger partial charge in [-0.15, -0.1) is 12.4 Å². The van der Waals surface area contributed by atoms with Crippen molar-refractivity contribution in [2.45, 2.75) is 75.9 Å². The van der Waals surface area contributed by atoms with Crippen molar-refractivity contribution >= 4 is 12.4 Å². The highest BCUT2D eigenvalue weighted by Gasteiger charge is 2.82. The fraction of sp³-hybridized carbons (Fsp3) is 1.00. The number of rotatable bonds is 2. The Morgan fingerprint density at radius 1 is 1.18 bits per heavy atom. The number of hydrogen-bond donors (Lipinski definition) is 3. The van der Waals surface area contributed by atoms with Gasteiger partial charge in [0.25, 0.3) is 0 Å². The van der Waals surface area contributed by atoms with Gasteiger partial charge in [-0.05, 0) is 49.5 Å². The van der Waals surface area contributed by atoms with E-state index in [2.05, 4.69) is 18.7 Å². The summed E-state index contributed by atoms with van der Waals surface area (Å²) in [5.41, 5.74) is -0.788. The van der Waals surface area contributed by atoms with Crippen LogP contribution in [0.4, 0.5) is 0 Å². The van der Waals surface area contributed by atoms with Crippen molar-refractivity contribution in [3.05, 3.63) is 0 Å². The van der Waals surface area contributed by atoms with Crippen LogP contribution in [0.3, 0.4) is 0 Å². The summed E-state index contributed by atoms with van der Waals surface area (Å²) in [6, 6.07) is 0.253. The lowest BCUT2D eigenvalue weighted by molar-refractivity contribution is -0.266. The number of methoxy groups -OCH3 is 1. The van der Waals surface area contributed by atoms with Crippen molar-refractivity contribution in [2.75, 3.05) is 20.2 Å². The molecule has 0 radical (unpaired) electrons. The Hall–Kier alpha value is 0.0900. The van der Waals surface area contributed by atoms with E-state index in [9.17, 15) is 15.3 Å². The number of hydrogen-bond acceptors (Lipinski definition) is 5. The first-order valence-corrected chi connectivity index (χ1v) is 11.2. The van der Waals surface area contributed by atoms with Gasteiger partial charge in [-0.2, -0.15) is 0 Å². The maximum absolute atomic E-state index is 12.1. The smallest absolute Gasteiger partial charge is 0.0771 e. The Morgan fingerprint density at radius 2 is 1.93 bits per heavy atom. The second-order valence-electron chi connectivity index (χ2n) is 11.1. The maximum Gasteiger partial charge on any atom is 0.0771 e. The lowest BCUT2D eigenvalue weighted by Crippen LogP contribution is -2.75. The summed E-state index contributed by atoms with van der Waals surface area (Å²) in [6.45, 7) is 6.74. The molecule has 3 N–H and O–H groups in total. The van der Waals surface area contributed by atoms with Crippen molar-refractivity contribution in [1.29, 1.82) is 0 Å². The van der Waals surface area contributed by atoms with Crippen LogP contribution in [-0.2, 0) is 4.74 Å². The van der Waals surface area contributed by atoms with Crippen LogP contribution in [0.5, 0.6) is 0 Å². The SMILES string of the molecule is CCN1C[C@]2(C)CC[C@H](O)[C@]34C1[C@H](C[C@H]23)[C@@]1(O)C[C@H](OC)[C@H]2C[C@@H]4C1[C@H]2O.Cl. The van der Waals surface area contributed by atoms with Crippen LogP contribution in [0.15, 0.2) is 0 Å². The van der Waals surface area contributed by atoms with Gasteiger partial charge in [0.15, 0.2) is 0 Å². The number of nitrogens with zero attached hydrogens (tertiary/aromatic N) is 1. The number of fused-ring (bicyclic) bond motifs is 2. The Morgan fingerprint density at radius 3 is 2.61 bits per heavy atom. The number of aliphatic hydroxyl groups is 3. The number of halogens is 1. The summed E-state index contributed by atoms with van der Waals surface area (Å²) >= 11 is 0. The molecule has 28 heavy (non-hydrogen) atoms. The molecule has 0 aromatic heterocycles. The van der Waals surface area contributed by atoms with Crippen molar-refractivity contribution in [3.8, 4) is 0 Å². The predicted octanol–water partition coefficient (Wildman–Crippen LogP) is 1.67. The molecule has 5 saturated carbocycles. The molecule has 5 nitrogen and oxygen atoms in total. The molecular formula is C22H36ClNO4. The minimum Gasteiger partial charge on any atom is -0.392 e. The van der Waals surface area contributed by atoms with Gasteiger partial charge in [0, 0.05) is 49.3 Å². The molecule has 12 atom stereocenters. The second kappa shape index (κ2) is 5.86. The standard InChI is InChI=1S/C22H35NO4.ClH/c1-4-23-10-20(2)6-5-16(24)22-12-7-11-14(27-3)9-21(26,17(12)18(11)25)13(19(22)23)8-15(20)22;/h11-19,24-26H,4-10H2,1-3H3;1H/t11-,12-,13+,14+,15-,16+,17?,18+,19?,20+,21+,22-;/m1./s1. The van der Waals surface area contributed by atoms with Gasteiger partial charge in [-0.3, -0.25) is 4.90 Å². The van der Waals surface area contributed by atoms with E-state index >= 15 is 0 Å². The molecule has 6 fully saturated rings. The summed E-state index contributed by atoms with van der Waals surface area (Å²) in [6.07, 6.45) is 3.66. The molecule has 1 aliphatic heterocycles. The Balaban J connectivity index is 0.00000171. The zero-order valence-electron chi connectivity index (χ0n) is 17.3. The van der Waals surface area contributed by atoms with Crippen molar-refractivity contribution in [3.63, 3.8) is 0 Å². The molecule has 1 spiro atoms. The van der Waals surface area contributed by atoms with Gasteiger partial charge in [-0.1, -0.05) is 13.8 Å². The third-order valence-corrected chi connectivity index (χ3v) is 10.7. The first kappa shape index (κ1) is 20.0. The van der Waals surface area contributed by atoms with Crippen LogP contribution in [0, 0.1) is 40.4 Å². The van der Waals surface area contributed by atoms with E-state index in [1.807, 2.05) is 0 Å². The molecule has 2 unspecified atom stereocenters. The number of ether oxygens (including phenoxy) is 1. The summed E-state index contributed by atoms with van der Waals surface area (Å²) in [5, 5.41) is 34.9. The molecule has 0 aromatic rings. The number of likely N-dealkylation sites (tertiary alicyclic amines) is 1. The second-order valence-corrected chi connectivity index (χ2v) is 11.1. The molecule has 160 valence electrons. The van der Waals surface area contributed by atoms with E-state index in [-0.39, 0.29) is 65.2 Å². The van der Waals surface area contributed by atoms with Crippen LogP contribution in [0.2, 0.25) is 0 Å². The Labute approximate surface area is 174 Å². The lowest BCUT2D eigenvalue weighted by atomic mass is 9.43. The highest BCUT2D eigenvalue weighted by molar-refractivity contribution is 5.85. The van der Waals surface area contributed by atoms with Gasteiger partial charge in [-0.25, -0.2) is 0 Å². The largest absolute Gasteiger partial charge is 0.392 e. The van der Waals surface area contributed by atoms with Crippen LogP contribution in [0.1, 0.15) is 46.0 Å². The molecule has 6 rings (SSSR count). The monoisotopic (exact) mass is 413 g/mol. The van der Waals surface area contributed by atoms with Crippen LogP contribution in [-0.4, -0.2) is 70.4 Å². The van der Waals surface area contributed by atoms with Gasteiger partial charge in [0.2, 0.25) is 0 Å². The Bertz CT molecular complexity index is 679. The van der Waals surface area contributed by atoms with Gasteiger partial charge in [0.05, 0.1) is 23.9 Å². The van der Waals surface area contributed by atoms with Gasteiger partial charge >= 0.3 is 0 Å². The van der Waals surface area contributed by atoms with Crippen LogP contribution >= 0.6 is 12.4 Å². The van der Waals surface area contributed by atoms with Crippen LogP contribution in [0.25, 0.3) is 0 Å². The average molecular weight is 414 g/mol. The predicted molar refractivity (Wildman–Crippen MR) is 107 cm³/mol. The highest BCUT2D eigenvalue weighted by atomic mass is 35.5. The molecule has 6 heteroatoms. The molecule has 1 saturated heterocycles. The van der Waals surface area contributed by atoms with E-state index in [1.165, 1.54) is 0 Å². The zero-order chi connectivity index (χ0) is 18.9.